The maximum Gasteiger partial charge on any atom is 0.313 e. The van der Waals surface area contributed by atoms with E-state index in [2.05, 4.69) is 5.32 Å². The zero-order valence-corrected chi connectivity index (χ0v) is 15.2. The number of carbonyl (C=O) groups excluding carboxylic acids is 2. The Hall–Kier alpha value is -1.45. The van der Waals surface area contributed by atoms with Crippen molar-refractivity contribution in [1.29, 1.82) is 0 Å². The van der Waals surface area contributed by atoms with Crippen LogP contribution in [-0.4, -0.2) is 60.9 Å². The standard InChI is InChI=1S/C15H21N3O4S2/c1-11-9-23-10-13(11)16-14(19)15(20)17-5-2-4-12(8-17)18-6-3-7-24(18,21)22/h9-10,12H,2-8H2,1H3,(H,16,19). The number of sulfonamides is 1. The average Bonchev–Trinajstić information content (AvgIpc) is 3.11. The average molecular weight is 371 g/mol. The van der Waals surface area contributed by atoms with Crippen molar-refractivity contribution < 1.29 is 18.0 Å². The molecule has 7 nitrogen and oxygen atoms in total. The smallest absolute Gasteiger partial charge is 0.313 e. The predicted molar refractivity (Wildman–Crippen MR) is 92.4 cm³/mol. The molecule has 3 heterocycles. The number of nitrogens with zero attached hydrogens (tertiary/aromatic N) is 2. The van der Waals surface area contributed by atoms with Gasteiger partial charge in [0.25, 0.3) is 0 Å². The fraction of sp³-hybridized carbons (Fsp3) is 0.600. The van der Waals surface area contributed by atoms with Crippen molar-refractivity contribution in [2.24, 2.45) is 0 Å². The predicted octanol–water partition coefficient (Wildman–Crippen LogP) is 1.02. The minimum absolute atomic E-state index is 0.176. The Morgan fingerprint density at radius 2 is 2.04 bits per heavy atom. The molecule has 2 fully saturated rings. The molecule has 2 aliphatic heterocycles. The van der Waals surface area contributed by atoms with E-state index in [1.165, 1.54) is 20.5 Å². The van der Waals surface area contributed by atoms with Crippen LogP contribution < -0.4 is 5.32 Å². The normalized spacial score (nSPS) is 24.0. The molecule has 24 heavy (non-hydrogen) atoms. The van der Waals surface area contributed by atoms with Crippen molar-refractivity contribution in [3.05, 3.63) is 16.3 Å². The first-order valence-corrected chi connectivity index (χ1v) is 10.6. The molecule has 2 saturated heterocycles. The van der Waals surface area contributed by atoms with E-state index in [9.17, 15) is 18.0 Å². The largest absolute Gasteiger partial charge is 0.333 e. The van der Waals surface area contributed by atoms with Crippen molar-refractivity contribution in [2.45, 2.75) is 32.2 Å². The fourth-order valence-electron chi connectivity index (χ4n) is 3.25. The van der Waals surface area contributed by atoms with E-state index in [0.717, 1.165) is 12.0 Å². The number of thiophene rings is 1. The number of amides is 2. The molecule has 2 aliphatic rings. The first-order chi connectivity index (χ1) is 11.4. The number of hydrogen-bond donors (Lipinski definition) is 1. The van der Waals surface area contributed by atoms with Crippen LogP contribution in [0.15, 0.2) is 10.8 Å². The Morgan fingerprint density at radius 3 is 2.67 bits per heavy atom. The summed E-state index contributed by atoms with van der Waals surface area (Å²) in [7, 11) is -3.21. The van der Waals surface area contributed by atoms with Crippen molar-refractivity contribution in [3.8, 4) is 0 Å². The number of likely N-dealkylation sites (tertiary alicyclic amines) is 1. The van der Waals surface area contributed by atoms with Crippen LogP contribution in [0.3, 0.4) is 0 Å². The van der Waals surface area contributed by atoms with Gasteiger partial charge in [-0.1, -0.05) is 0 Å². The molecule has 3 rings (SSSR count). The van der Waals surface area contributed by atoms with Crippen LogP contribution in [0.2, 0.25) is 0 Å². The van der Waals surface area contributed by atoms with Crippen molar-refractivity contribution >= 4 is 38.9 Å². The molecule has 1 atom stereocenters. The van der Waals surface area contributed by atoms with Gasteiger partial charge in [0.1, 0.15) is 0 Å². The van der Waals surface area contributed by atoms with Gasteiger partial charge in [-0.15, -0.1) is 11.3 Å². The Balaban J connectivity index is 1.65. The van der Waals surface area contributed by atoms with E-state index < -0.39 is 21.8 Å². The van der Waals surface area contributed by atoms with E-state index in [1.807, 2.05) is 12.3 Å². The van der Waals surface area contributed by atoms with Gasteiger partial charge in [-0.25, -0.2) is 8.42 Å². The highest BCUT2D eigenvalue weighted by molar-refractivity contribution is 7.89. The number of nitrogens with one attached hydrogen (secondary N) is 1. The first-order valence-electron chi connectivity index (χ1n) is 8.01. The van der Waals surface area contributed by atoms with Crippen LogP contribution in [0, 0.1) is 6.92 Å². The highest BCUT2D eigenvalue weighted by Gasteiger charge is 2.38. The molecular formula is C15H21N3O4S2. The summed E-state index contributed by atoms with van der Waals surface area (Å²) in [5.41, 5.74) is 1.56. The molecule has 9 heteroatoms. The quantitative estimate of drug-likeness (QED) is 0.787. The molecule has 1 aromatic heterocycles. The topological polar surface area (TPSA) is 86.8 Å². The zero-order valence-electron chi connectivity index (χ0n) is 13.5. The lowest BCUT2D eigenvalue weighted by Gasteiger charge is -2.36. The highest BCUT2D eigenvalue weighted by atomic mass is 32.2. The van der Waals surface area contributed by atoms with Gasteiger partial charge in [0, 0.05) is 31.1 Å². The summed E-state index contributed by atoms with van der Waals surface area (Å²) in [6, 6.07) is -0.217. The van der Waals surface area contributed by atoms with Crippen LogP contribution in [0.25, 0.3) is 0 Å². The second-order valence-corrected chi connectivity index (χ2v) is 9.03. The lowest BCUT2D eigenvalue weighted by Crippen LogP contribution is -2.52. The second kappa shape index (κ2) is 6.81. The molecule has 0 spiro atoms. The van der Waals surface area contributed by atoms with Gasteiger partial charge in [-0.05, 0) is 37.1 Å². The maximum atomic E-state index is 12.4. The van der Waals surface area contributed by atoms with Gasteiger partial charge in [0.2, 0.25) is 10.0 Å². The Morgan fingerprint density at radius 1 is 1.25 bits per heavy atom. The SMILES string of the molecule is Cc1cscc1NC(=O)C(=O)N1CCCC(N2CCCS2(=O)=O)C1. The first kappa shape index (κ1) is 17.4. The van der Waals surface area contributed by atoms with Crippen LogP contribution >= 0.6 is 11.3 Å². The molecule has 1 aromatic rings. The second-order valence-electron chi connectivity index (χ2n) is 6.25. The van der Waals surface area contributed by atoms with E-state index in [0.29, 0.717) is 31.6 Å². The zero-order chi connectivity index (χ0) is 17.3. The minimum atomic E-state index is -3.21. The van der Waals surface area contributed by atoms with Gasteiger partial charge in [0.15, 0.2) is 0 Å². The summed E-state index contributed by atoms with van der Waals surface area (Å²) in [6.07, 6.45) is 2.06. The van der Waals surface area contributed by atoms with Crippen molar-refractivity contribution in [1.82, 2.24) is 9.21 Å². The van der Waals surface area contributed by atoms with Gasteiger partial charge < -0.3 is 10.2 Å². The van der Waals surface area contributed by atoms with E-state index in [4.69, 9.17) is 0 Å². The molecule has 2 amide bonds. The Kier molecular flexibility index (Phi) is 4.93. The van der Waals surface area contributed by atoms with Crippen molar-refractivity contribution in [2.75, 3.05) is 30.7 Å². The summed E-state index contributed by atoms with van der Waals surface area (Å²) in [6.45, 7) is 3.15. The number of rotatable bonds is 2. The molecule has 1 N–H and O–H groups in total. The van der Waals surface area contributed by atoms with Crippen LogP contribution in [0.1, 0.15) is 24.8 Å². The van der Waals surface area contributed by atoms with Gasteiger partial charge in [-0.3, -0.25) is 9.59 Å². The minimum Gasteiger partial charge on any atom is -0.333 e. The summed E-state index contributed by atoms with van der Waals surface area (Å²) < 4.78 is 25.6. The summed E-state index contributed by atoms with van der Waals surface area (Å²) >= 11 is 1.46. The van der Waals surface area contributed by atoms with Crippen LogP contribution in [0.4, 0.5) is 5.69 Å². The molecule has 0 aliphatic carbocycles. The number of hydrogen-bond acceptors (Lipinski definition) is 5. The molecule has 0 aromatic carbocycles. The third-order valence-electron chi connectivity index (χ3n) is 4.53. The highest BCUT2D eigenvalue weighted by Crippen LogP contribution is 2.24. The number of piperidine rings is 1. The Labute approximate surface area is 145 Å². The third-order valence-corrected chi connectivity index (χ3v) is 7.39. The summed E-state index contributed by atoms with van der Waals surface area (Å²) in [5, 5.41) is 6.32. The number of anilines is 1. The molecule has 0 saturated carbocycles. The van der Waals surface area contributed by atoms with E-state index in [1.54, 1.807) is 5.38 Å². The summed E-state index contributed by atoms with van der Waals surface area (Å²) in [4.78, 5) is 26.1. The summed E-state index contributed by atoms with van der Waals surface area (Å²) in [5.74, 6) is -1.08. The fourth-order valence-corrected chi connectivity index (χ4v) is 5.79. The molecule has 1 unspecified atom stereocenters. The maximum absolute atomic E-state index is 12.4. The third kappa shape index (κ3) is 3.47. The van der Waals surface area contributed by atoms with Gasteiger partial charge in [0.05, 0.1) is 11.4 Å². The molecular weight excluding hydrogens is 350 g/mol. The van der Waals surface area contributed by atoms with Crippen molar-refractivity contribution in [3.63, 3.8) is 0 Å². The van der Waals surface area contributed by atoms with E-state index in [-0.39, 0.29) is 18.3 Å². The van der Waals surface area contributed by atoms with Gasteiger partial charge >= 0.3 is 11.8 Å². The van der Waals surface area contributed by atoms with Crippen LogP contribution in [-0.2, 0) is 19.6 Å². The van der Waals surface area contributed by atoms with E-state index >= 15 is 0 Å². The Bertz CT molecular complexity index is 744. The molecule has 0 radical (unpaired) electrons. The van der Waals surface area contributed by atoms with Gasteiger partial charge in [-0.2, -0.15) is 4.31 Å². The number of carbonyl (C=O) groups is 2. The molecule has 0 bridgehead atoms. The lowest BCUT2D eigenvalue weighted by molar-refractivity contribution is -0.144. The number of aryl methyl sites for hydroxylation is 1. The monoisotopic (exact) mass is 371 g/mol. The molecule has 132 valence electrons. The lowest BCUT2D eigenvalue weighted by atomic mass is 10.1. The van der Waals surface area contributed by atoms with Crippen LogP contribution in [0.5, 0.6) is 0 Å².